The molecule has 2 heterocycles. The molecule has 0 spiro atoms. The van der Waals surface area contributed by atoms with E-state index < -0.39 is 0 Å². The first kappa shape index (κ1) is 6.15. The van der Waals surface area contributed by atoms with Crippen LogP contribution in [-0.2, 0) is 0 Å². The maximum atomic E-state index is 5.66. The van der Waals surface area contributed by atoms with Crippen molar-refractivity contribution in [1.29, 1.82) is 0 Å². The summed E-state index contributed by atoms with van der Waals surface area (Å²) in [5.41, 5.74) is 8.26. The molecule has 0 bridgehead atoms. The van der Waals surface area contributed by atoms with Crippen molar-refractivity contribution < 1.29 is 0 Å². The van der Waals surface area contributed by atoms with Crippen molar-refractivity contribution in [3.8, 4) is 0 Å². The van der Waals surface area contributed by atoms with Crippen molar-refractivity contribution in [2.45, 2.75) is 6.92 Å². The lowest BCUT2D eigenvalue weighted by atomic mass is 10.2. The minimum absolute atomic E-state index is 0.739. The van der Waals surface area contributed by atoms with Gasteiger partial charge in [-0.25, -0.2) is 9.50 Å². The van der Waals surface area contributed by atoms with Crippen LogP contribution in [0.1, 0.15) is 5.56 Å². The maximum Gasteiger partial charge on any atom is 0.155 e. The van der Waals surface area contributed by atoms with Crippen LogP contribution < -0.4 is 5.73 Å². The zero-order chi connectivity index (χ0) is 7.84. The summed E-state index contributed by atoms with van der Waals surface area (Å²) in [6.07, 6.45) is 3.27. The Morgan fingerprint density at radius 3 is 3.18 bits per heavy atom. The highest BCUT2D eigenvalue weighted by molar-refractivity contribution is 5.52. The number of nitrogens with zero attached hydrogens (tertiary/aromatic N) is 3. The lowest BCUT2D eigenvalue weighted by Gasteiger charge is -1.98. The number of aryl methyl sites for hydroxylation is 1. The first-order chi connectivity index (χ1) is 5.27. The smallest absolute Gasteiger partial charge is 0.155 e. The Morgan fingerprint density at radius 1 is 1.55 bits per heavy atom. The van der Waals surface area contributed by atoms with Crippen LogP contribution in [0.2, 0.25) is 0 Å². The average molecular weight is 148 g/mol. The maximum absolute atomic E-state index is 5.66. The van der Waals surface area contributed by atoms with Crippen molar-refractivity contribution in [2.24, 2.45) is 0 Å². The number of hydrogen-bond donors (Lipinski definition) is 1. The van der Waals surface area contributed by atoms with E-state index in [1.54, 1.807) is 10.7 Å². The van der Waals surface area contributed by atoms with Crippen LogP contribution in [0.5, 0.6) is 0 Å². The normalized spacial score (nSPS) is 10.6. The van der Waals surface area contributed by atoms with E-state index >= 15 is 0 Å². The number of anilines is 1. The van der Waals surface area contributed by atoms with Crippen molar-refractivity contribution in [1.82, 2.24) is 14.6 Å². The van der Waals surface area contributed by atoms with Gasteiger partial charge < -0.3 is 5.73 Å². The molecule has 4 nitrogen and oxygen atoms in total. The van der Waals surface area contributed by atoms with Crippen LogP contribution in [0, 0.1) is 6.92 Å². The summed E-state index contributed by atoms with van der Waals surface area (Å²) in [6, 6.07) is 1.91. The molecule has 2 rings (SSSR count). The third kappa shape index (κ3) is 0.832. The van der Waals surface area contributed by atoms with Crippen LogP contribution in [0.25, 0.3) is 5.65 Å². The van der Waals surface area contributed by atoms with E-state index in [1.165, 1.54) is 6.33 Å². The predicted molar refractivity (Wildman–Crippen MR) is 42.1 cm³/mol. The molecule has 0 aliphatic heterocycles. The van der Waals surface area contributed by atoms with Crippen LogP contribution in [-0.4, -0.2) is 14.6 Å². The molecule has 0 atom stereocenters. The largest absolute Gasteiger partial charge is 0.397 e. The summed E-state index contributed by atoms with van der Waals surface area (Å²) < 4.78 is 1.66. The Bertz CT molecular complexity index is 354. The van der Waals surface area contributed by atoms with Gasteiger partial charge in [-0.15, -0.1) is 0 Å². The topological polar surface area (TPSA) is 56.2 Å². The monoisotopic (exact) mass is 148 g/mol. The standard InChI is InChI=1S/C7H8N4/c1-5-2-7-9-4-10-11(7)3-6(5)8/h2-4H,8H2,1H3. The Morgan fingerprint density at radius 2 is 2.36 bits per heavy atom. The summed E-state index contributed by atoms with van der Waals surface area (Å²) in [6.45, 7) is 1.95. The van der Waals surface area contributed by atoms with Gasteiger partial charge in [0.1, 0.15) is 6.33 Å². The van der Waals surface area contributed by atoms with Gasteiger partial charge in [0.05, 0.1) is 11.9 Å². The van der Waals surface area contributed by atoms with Gasteiger partial charge in [0, 0.05) is 0 Å². The first-order valence-corrected chi connectivity index (χ1v) is 3.33. The van der Waals surface area contributed by atoms with Crippen molar-refractivity contribution in [3.63, 3.8) is 0 Å². The summed E-state index contributed by atoms with van der Waals surface area (Å²) >= 11 is 0. The van der Waals surface area contributed by atoms with Gasteiger partial charge in [0.15, 0.2) is 5.65 Å². The van der Waals surface area contributed by atoms with Crippen LogP contribution in [0.15, 0.2) is 18.6 Å². The molecule has 0 saturated heterocycles. The van der Waals surface area contributed by atoms with E-state index in [1.807, 2.05) is 13.0 Å². The van der Waals surface area contributed by atoms with Gasteiger partial charge in [-0.3, -0.25) is 0 Å². The van der Waals surface area contributed by atoms with Gasteiger partial charge in [0.2, 0.25) is 0 Å². The molecule has 0 amide bonds. The molecule has 0 aliphatic carbocycles. The molecule has 2 aromatic heterocycles. The van der Waals surface area contributed by atoms with Crippen molar-refractivity contribution in [2.75, 3.05) is 5.73 Å². The minimum atomic E-state index is 0.739. The minimum Gasteiger partial charge on any atom is -0.397 e. The number of aromatic nitrogens is 3. The average Bonchev–Trinajstić information content (AvgIpc) is 2.36. The van der Waals surface area contributed by atoms with E-state index in [-0.39, 0.29) is 0 Å². The van der Waals surface area contributed by atoms with Crippen LogP contribution >= 0.6 is 0 Å². The number of nitrogens with two attached hydrogens (primary N) is 1. The third-order valence-electron chi connectivity index (χ3n) is 1.66. The highest BCUT2D eigenvalue weighted by atomic mass is 15.3. The Labute approximate surface area is 63.7 Å². The molecule has 0 aliphatic rings. The predicted octanol–water partition coefficient (Wildman–Crippen LogP) is 0.620. The second-order valence-electron chi connectivity index (χ2n) is 2.47. The molecule has 2 aromatic rings. The first-order valence-electron chi connectivity index (χ1n) is 3.33. The quantitative estimate of drug-likeness (QED) is 0.595. The van der Waals surface area contributed by atoms with E-state index in [9.17, 15) is 0 Å². The number of rotatable bonds is 0. The van der Waals surface area contributed by atoms with E-state index in [2.05, 4.69) is 10.1 Å². The summed E-state index contributed by atoms with van der Waals surface area (Å²) in [5, 5.41) is 3.95. The van der Waals surface area contributed by atoms with Gasteiger partial charge in [-0.05, 0) is 18.6 Å². The second-order valence-corrected chi connectivity index (χ2v) is 2.47. The zero-order valence-electron chi connectivity index (χ0n) is 6.15. The molecule has 4 heteroatoms. The number of nitrogen functional groups attached to an aromatic ring is 1. The molecule has 11 heavy (non-hydrogen) atoms. The highest BCUT2D eigenvalue weighted by Crippen LogP contribution is 2.10. The molecule has 0 aromatic carbocycles. The summed E-state index contributed by atoms with van der Waals surface area (Å²) in [4.78, 5) is 4.02. The molecule has 2 N–H and O–H groups in total. The van der Waals surface area contributed by atoms with Crippen LogP contribution in [0.3, 0.4) is 0 Å². The molecule has 0 fully saturated rings. The number of pyridine rings is 1. The molecule has 56 valence electrons. The summed E-state index contributed by atoms with van der Waals surface area (Å²) in [7, 11) is 0. The zero-order valence-corrected chi connectivity index (χ0v) is 6.15. The molecule has 0 radical (unpaired) electrons. The number of hydrogen-bond acceptors (Lipinski definition) is 3. The van der Waals surface area contributed by atoms with E-state index in [0.29, 0.717) is 0 Å². The SMILES string of the molecule is Cc1cc2ncnn2cc1N. The van der Waals surface area contributed by atoms with E-state index in [0.717, 1.165) is 16.9 Å². The lowest BCUT2D eigenvalue weighted by Crippen LogP contribution is -1.94. The van der Waals surface area contributed by atoms with Gasteiger partial charge in [-0.1, -0.05) is 0 Å². The van der Waals surface area contributed by atoms with Gasteiger partial charge in [0.25, 0.3) is 0 Å². The highest BCUT2D eigenvalue weighted by Gasteiger charge is 1.97. The molecule has 0 saturated carbocycles. The van der Waals surface area contributed by atoms with Gasteiger partial charge in [-0.2, -0.15) is 5.10 Å². The third-order valence-corrected chi connectivity index (χ3v) is 1.66. The van der Waals surface area contributed by atoms with E-state index in [4.69, 9.17) is 5.73 Å². The Kier molecular flexibility index (Phi) is 1.09. The van der Waals surface area contributed by atoms with Gasteiger partial charge >= 0.3 is 0 Å². The fourth-order valence-electron chi connectivity index (χ4n) is 0.972. The lowest BCUT2D eigenvalue weighted by molar-refractivity contribution is 0.960. The molecule has 0 unspecified atom stereocenters. The second kappa shape index (κ2) is 1.95. The summed E-state index contributed by atoms with van der Waals surface area (Å²) in [5.74, 6) is 0. The van der Waals surface area contributed by atoms with Crippen molar-refractivity contribution >= 4 is 11.3 Å². The fourth-order valence-corrected chi connectivity index (χ4v) is 0.972. The molecular weight excluding hydrogens is 140 g/mol. The number of fused-ring (bicyclic) bond motifs is 1. The fraction of sp³-hybridized carbons (Fsp3) is 0.143. The van der Waals surface area contributed by atoms with Crippen molar-refractivity contribution in [3.05, 3.63) is 24.2 Å². The Hall–Kier alpha value is -1.58. The Balaban J connectivity index is 2.86. The molecular formula is C7H8N4. The van der Waals surface area contributed by atoms with Crippen LogP contribution in [0.4, 0.5) is 5.69 Å².